The number of hydrogen-bond donors (Lipinski definition) is 0. The second kappa shape index (κ2) is 3.75. The van der Waals surface area contributed by atoms with Gasteiger partial charge < -0.3 is 0 Å². The number of hydrogen-bond acceptors (Lipinski definition) is 2. The molecule has 0 N–H and O–H groups in total. The first-order valence-corrected chi connectivity index (χ1v) is 4.40. The molecule has 0 aliphatic heterocycles. The van der Waals surface area contributed by atoms with Gasteiger partial charge in [-0.05, 0) is 25.0 Å². The molecule has 0 saturated heterocycles. The molecule has 0 heterocycles. The average molecular weight is 200 g/mol. The number of alkyl halides is 1. The maximum Gasteiger partial charge on any atom is 0.272 e. The lowest BCUT2D eigenvalue weighted by molar-refractivity contribution is -0.385. The van der Waals surface area contributed by atoms with Gasteiger partial charge in [0.2, 0.25) is 0 Å². The van der Waals surface area contributed by atoms with Crippen LogP contribution in [-0.4, -0.2) is 4.92 Å². The van der Waals surface area contributed by atoms with E-state index in [9.17, 15) is 10.1 Å². The van der Waals surface area contributed by atoms with Gasteiger partial charge in [0.1, 0.15) is 0 Å². The van der Waals surface area contributed by atoms with Crippen molar-refractivity contribution in [1.29, 1.82) is 0 Å². The summed E-state index contributed by atoms with van der Waals surface area (Å²) >= 11 is 5.69. The maximum absolute atomic E-state index is 10.6. The van der Waals surface area contributed by atoms with Crippen LogP contribution >= 0.6 is 11.6 Å². The Morgan fingerprint density at radius 1 is 1.46 bits per heavy atom. The van der Waals surface area contributed by atoms with Gasteiger partial charge in [0.25, 0.3) is 5.69 Å². The molecular formula is C9H10ClNO2. The smallest absolute Gasteiger partial charge is 0.258 e. The SMILES string of the molecule is Cc1ccc([N+](=O)[O-])c(C)c1CCl. The lowest BCUT2D eigenvalue weighted by atomic mass is 10.0. The molecule has 0 amide bonds. The third-order valence-electron chi connectivity index (χ3n) is 2.13. The van der Waals surface area contributed by atoms with E-state index in [1.165, 1.54) is 6.07 Å². The molecule has 0 radical (unpaired) electrons. The monoisotopic (exact) mass is 199 g/mol. The van der Waals surface area contributed by atoms with E-state index in [0.717, 1.165) is 11.1 Å². The van der Waals surface area contributed by atoms with Crippen molar-refractivity contribution < 1.29 is 4.92 Å². The summed E-state index contributed by atoms with van der Waals surface area (Å²) < 4.78 is 0. The average Bonchev–Trinajstić information content (AvgIpc) is 2.04. The second-order valence-electron chi connectivity index (χ2n) is 2.90. The van der Waals surface area contributed by atoms with Crippen molar-refractivity contribution in [2.75, 3.05) is 0 Å². The summed E-state index contributed by atoms with van der Waals surface area (Å²) in [6.45, 7) is 3.62. The highest BCUT2D eigenvalue weighted by Crippen LogP contribution is 2.25. The minimum Gasteiger partial charge on any atom is -0.258 e. The van der Waals surface area contributed by atoms with Crippen LogP contribution in [0.1, 0.15) is 16.7 Å². The standard InChI is InChI=1S/C9H10ClNO2/c1-6-3-4-9(11(12)13)7(2)8(6)5-10/h3-4H,5H2,1-2H3. The first-order chi connectivity index (χ1) is 6.07. The van der Waals surface area contributed by atoms with Crippen molar-refractivity contribution in [1.82, 2.24) is 0 Å². The Kier molecular flexibility index (Phi) is 2.88. The maximum atomic E-state index is 10.6. The predicted octanol–water partition coefficient (Wildman–Crippen LogP) is 2.95. The minimum atomic E-state index is -0.384. The highest BCUT2D eigenvalue weighted by Gasteiger charge is 2.14. The molecule has 4 heteroatoms. The Bertz CT molecular complexity index is 350. The van der Waals surface area contributed by atoms with Gasteiger partial charge in [0.05, 0.1) is 4.92 Å². The molecule has 0 fully saturated rings. The van der Waals surface area contributed by atoms with Crippen molar-refractivity contribution in [3.05, 3.63) is 38.9 Å². The first kappa shape index (κ1) is 9.99. The zero-order valence-corrected chi connectivity index (χ0v) is 8.26. The molecule has 0 bridgehead atoms. The Morgan fingerprint density at radius 3 is 2.54 bits per heavy atom. The van der Waals surface area contributed by atoms with Crippen molar-refractivity contribution in [2.24, 2.45) is 0 Å². The molecule has 3 nitrogen and oxygen atoms in total. The quantitative estimate of drug-likeness (QED) is 0.418. The van der Waals surface area contributed by atoms with Gasteiger partial charge in [-0.1, -0.05) is 6.07 Å². The van der Waals surface area contributed by atoms with E-state index in [0.29, 0.717) is 11.4 Å². The van der Waals surface area contributed by atoms with Crippen LogP contribution in [0.25, 0.3) is 0 Å². The van der Waals surface area contributed by atoms with Crippen LogP contribution in [0.4, 0.5) is 5.69 Å². The summed E-state index contributed by atoms with van der Waals surface area (Å²) in [4.78, 5) is 10.2. The van der Waals surface area contributed by atoms with E-state index >= 15 is 0 Å². The van der Waals surface area contributed by atoms with Gasteiger partial charge in [0.15, 0.2) is 0 Å². The molecule has 1 aromatic rings. The topological polar surface area (TPSA) is 43.1 Å². The zero-order valence-electron chi connectivity index (χ0n) is 7.50. The lowest BCUT2D eigenvalue weighted by Gasteiger charge is -2.05. The molecule has 0 saturated carbocycles. The number of nitrogens with zero attached hydrogens (tertiary/aromatic N) is 1. The zero-order chi connectivity index (χ0) is 10.0. The number of aryl methyl sites for hydroxylation is 1. The fourth-order valence-electron chi connectivity index (χ4n) is 1.28. The lowest BCUT2D eigenvalue weighted by Crippen LogP contribution is -1.97. The summed E-state index contributed by atoms with van der Waals surface area (Å²) in [5.41, 5.74) is 2.66. The van der Waals surface area contributed by atoms with Gasteiger partial charge in [0, 0.05) is 17.5 Å². The van der Waals surface area contributed by atoms with Gasteiger partial charge >= 0.3 is 0 Å². The molecule has 0 atom stereocenters. The number of benzene rings is 1. The number of rotatable bonds is 2. The van der Waals surface area contributed by atoms with Gasteiger partial charge in [-0.15, -0.1) is 11.6 Å². The van der Waals surface area contributed by atoms with Gasteiger partial charge in [-0.25, -0.2) is 0 Å². The van der Waals surface area contributed by atoms with E-state index < -0.39 is 0 Å². The first-order valence-electron chi connectivity index (χ1n) is 3.87. The van der Waals surface area contributed by atoms with Crippen molar-refractivity contribution in [2.45, 2.75) is 19.7 Å². The second-order valence-corrected chi connectivity index (χ2v) is 3.16. The van der Waals surface area contributed by atoms with Crippen molar-refractivity contribution in [3.8, 4) is 0 Å². The molecule has 0 aliphatic carbocycles. The van der Waals surface area contributed by atoms with E-state index in [2.05, 4.69) is 0 Å². The van der Waals surface area contributed by atoms with Crippen LogP contribution in [0.3, 0.4) is 0 Å². The molecule has 13 heavy (non-hydrogen) atoms. The Labute approximate surface area is 81.5 Å². The Morgan fingerprint density at radius 2 is 2.08 bits per heavy atom. The van der Waals surface area contributed by atoms with Crippen LogP contribution in [0.2, 0.25) is 0 Å². The largest absolute Gasteiger partial charge is 0.272 e. The van der Waals surface area contributed by atoms with Crippen LogP contribution in [0.15, 0.2) is 12.1 Å². The number of nitro groups is 1. The van der Waals surface area contributed by atoms with Gasteiger partial charge in [-0.2, -0.15) is 0 Å². The fourth-order valence-corrected chi connectivity index (χ4v) is 1.69. The van der Waals surface area contributed by atoms with Gasteiger partial charge in [-0.3, -0.25) is 10.1 Å². The normalized spacial score (nSPS) is 10.1. The van der Waals surface area contributed by atoms with Crippen molar-refractivity contribution >= 4 is 17.3 Å². The molecule has 0 unspecified atom stereocenters. The van der Waals surface area contributed by atoms with Crippen LogP contribution in [0.5, 0.6) is 0 Å². The number of nitro benzene ring substituents is 1. The van der Waals surface area contributed by atoms with E-state index in [4.69, 9.17) is 11.6 Å². The summed E-state index contributed by atoms with van der Waals surface area (Å²) in [5, 5.41) is 10.6. The third-order valence-corrected chi connectivity index (χ3v) is 2.40. The van der Waals surface area contributed by atoms with E-state index in [1.807, 2.05) is 6.92 Å². The summed E-state index contributed by atoms with van der Waals surface area (Å²) in [5.74, 6) is 0.319. The molecule has 1 aromatic carbocycles. The molecule has 70 valence electrons. The Hall–Kier alpha value is -1.09. The predicted molar refractivity (Wildman–Crippen MR) is 52.1 cm³/mol. The molecule has 0 aromatic heterocycles. The molecule has 1 rings (SSSR count). The summed E-state index contributed by atoms with van der Waals surface area (Å²) in [6.07, 6.45) is 0. The van der Waals surface area contributed by atoms with E-state index in [-0.39, 0.29) is 10.6 Å². The Balaban J connectivity index is 3.35. The van der Waals surface area contributed by atoms with Crippen molar-refractivity contribution in [3.63, 3.8) is 0 Å². The molecule has 0 aliphatic rings. The highest BCUT2D eigenvalue weighted by molar-refractivity contribution is 6.17. The van der Waals surface area contributed by atoms with E-state index in [1.54, 1.807) is 13.0 Å². The third kappa shape index (κ3) is 1.80. The number of halogens is 1. The minimum absolute atomic E-state index is 0.140. The van der Waals surface area contributed by atoms with Crippen LogP contribution in [-0.2, 0) is 5.88 Å². The molecular weight excluding hydrogens is 190 g/mol. The highest BCUT2D eigenvalue weighted by atomic mass is 35.5. The summed E-state index contributed by atoms with van der Waals surface area (Å²) in [6, 6.07) is 3.24. The molecule has 0 spiro atoms. The van der Waals surface area contributed by atoms with Crippen LogP contribution in [0, 0.1) is 24.0 Å². The van der Waals surface area contributed by atoms with Crippen LogP contribution < -0.4 is 0 Å². The summed E-state index contributed by atoms with van der Waals surface area (Å²) in [7, 11) is 0. The fraction of sp³-hybridized carbons (Fsp3) is 0.333.